The average molecular weight is 273 g/mol. The van der Waals surface area contributed by atoms with Gasteiger partial charge in [-0.3, -0.25) is 4.79 Å². The number of nitrogens with zero attached hydrogens (tertiary/aromatic N) is 3. The molecule has 0 bridgehead atoms. The summed E-state index contributed by atoms with van der Waals surface area (Å²) in [5.74, 6) is 0.151. The van der Waals surface area contributed by atoms with Gasteiger partial charge in [0.1, 0.15) is 0 Å². The predicted octanol–water partition coefficient (Wildman–Crippen LogP) is 1.90. The Morgan fingerprint density at radius 1 is 1.15 bits per heavy atom. The van der Waals surface area contributed by atoms with Gasteiger partial charge in [0, 0.05) is 19.6 Å². The Morgan fingerprint density at radius 2 is 1.80 bits per heavy atom. The van der Waals surface area contributed by atoms with Gasteiger partial charge in [-0.2, -0.15) is 5.26 Å². The topological polar surface area (TPSA) is 47.3 Å². The van der Waals surface area contributed by atoms with Crippen molar-refractivity contribution in [2.24, 2.45) is 0 Å². The zero-order valence-corrected chi connectivity index (χ0v) is 12.6. The van der Waals surface area contributed by atoms with Crippen LogP contribution in [0.1, 0.15) is 24.5 Å². The summed E-state index contributed by atoms with van der Waals surface area (Å²) in [4.78, 5) is 16.3. The van der Waals surface area contributed by atoms with Gasteiger partial charge < -0.3 is 9.80 Å². The maximum absolute atomic E-state index is 12.3. The van der Waals surface area contributed by atoms with Crippen LogP contribution in [0.15, 0.2) is 24.3 Å². The molecule has 0 heterocycles. The lowest BCUT2D eigenvalue weighted by molar-refractivity contribution is -0.130. The number of amides is 1. The number of likely N-dealkylation sites (N-methyl/N-ethyl adjacent to an activating group) is 1. The lowest BCUT2D eigenvalue weighted by atomic mass is 10.1. The molecule has 1 rings (SSSR count). The second-order valence-electron chi connectivity index (χ2n) is 5.17. The molecule has 0 aliphatic carbocycles. The minimum Gasteiger partial charge on any atom is -0.341 e. The standard InChI is InChI=1S/C16H23N3O/c1-4-9-19(11-10-18(2)3)16(20)12-14-5-7-15(13-17)8-6-14/h5-8H,4,9-12H2,1-3H3. The minimum absolute atomic E-state index is 0.151. The fourth-order valence-corrected chi connectivity index (χ4v) is 1.94. The molecule has 4 nitrogen and oxygen atoms in total. The van der Waals surface area contributed by atoms with Crippen LogP contribution in [-0.2, 0) is 11.2 Å². The first-order chi connectivity index (χ1) is 9.56. The highest BCUT2D eigenvalue weighted by molar-refractivity contribution is 5.78. The second kappa shape index (κ2) is 8.34. The molecule has 0 aromatic heterocycles. The third-order valence-electron chi connectivity index (χ3n) is 3.10. The van der Waals surface area contributed by atoms with Gasteiger partial charge in [-0.15, -0.1) is 0 Å². The molecule has 0 saturated heterocycles. The molecule has 0 unspecified atom stereocenters. The molecule has 1 amide bonds. The van der Waals surface area contributed by atoms with E-state index in [0.29, 0.717) is 12.0 Å². The first-order valence-corrected chi connectivity index (χ1v) is 6.98. The SMILES string of the molecule is CCCN(CCN(C)C)C(=O)Cc1ccc(C#N)cc1. The Labute approximate surface area is 121 Å². The summed E-state index contributed by atoms with van der Waals surface area (Å²) in [7, 11) is 4.02. The summed E-state index contributed by atoms with van der Waals surface area (Å²) in [6, 6.07) is 9.30. The highest BCUT2D eigenvalue weighted by atomic mass is 16.2. The maximum Gasteiger partial charge on any atom is 0.227 e. The Balaban J connectivity index is 2.62. The largest absolute Gasteiger partial charge is 0.341 e. The average Bonchev–Trinajstić information content (AvgIpc) is 2.44. The van der Waals surface area contributed by atoms with Crippen molar-refractivity contribution in [3.05, 3.63) is 35.4 Å². The Hall–Kier alpha value is -1.86. The third-order valence-corrected chi connectivity index (χ3v) is 3.10. The Morgan fingerprint density at radius 3 is 2.30 bits per heavy atom. The molecule has 1 aromatic carbocycles. The van der Waals surface area contributed by atoms with Gasteiger partial charge in [-0.1, -0.05) is 19.1 Å². The Bertz CT molecular complexity index is 460. The molecule has 0 atom stereocenters. The van der Waals surface area contributed by atoms with E-state index in [1.807, 2.05) is 31.1 Å². The molecule has 0 N–H and O–H groups in total. The van der Waals surface area contributed by atoms with E-state index in [1.54, 1.807) is 12.1 Å². The summed E-state index contributed by atoms with van der Waals surface area (Å²) in [5, 5.41) is 8.76. The third kappa shape index (κ3) is 5.41. The molecule has 108 valence electrons. The normalized spacial score (nSPS) is 10.3. The molecule has 0 spiro atoms. The lowest BCUT2D eigenvalue weighted by Gasteiger charge is -2.24. The van der Waals surface area contributed by atoms with Crippen LogP contribution in [0, 0.1) is 11.3 Å². The van der Waals surface area contributed by atoms with E-state index < -0.39 is 0 Å². The van der Waals surface area contributed by atoms with E-state index in [4.69, 9.17) is 5.26 Å². The van der Waals surface area contributed by atoms with Crippen LogP contribution in [-0.4, -0.2) is 49.4 Å². The predicted molar refractivity (Wildman–Crippen MR) is 80.3 cm³/mol. The van der Waals surface area contributed by atoms with Crippen LogP contribution in [0.2, 0.25) is 0 Å². The van der Waals surface area contributed by atoms with E-state index in [1.165, 1.54) is 0 Å². The molecule has 20 heavy (non-hydrogen) atoms. The van der Waals surface area contributed by atoms with E-state index in [-0.39, 0.29) is 5.91 Å². The number of hydrogen-bond donors (Lipinski definition) is 0. The first-order valence-electron chi connectivity index (χ1n) is 6.98. The zero-order chi connectivity index (χ0) is 15.0. The van der Waals surface area contributed by atoms with Crippen LogP contribution >= 0.6 is 0 Å². The van der Waals surface area contributed by atoms with E-state index in [0.717, 1.165) is 31.6 Å². The number of benzene rings is 1. The molecular weight excluding hydrogens is 250 g/mol. The van der Waals surface area contributed by atoms with Crippen molar-refractivity contribution >= 4 is 5.91 Å². The number of rotatable bonds is 7. The number of hydrogen-bond acceptors (Lipinski definition) is 3. The molecule has 0 fully saturated rings. The monoisotopic (exact) mass is 273 g/mol. The molecule has 0 aliphatic heterocycles. The molecule has 0 aliphatic rings. The van der Waals surface area contributed by atoms with E-state index in [9.17, 15) is 4.79 Å². The minimum atomic E-state index is 0.151. The van der Waals surface area contributed by atoms with Crippen molar-refractivity contribution < 1.29 is 4.79 Å². The van der Waals surface area contributed by atoms with Crippen LogP contribution in [0.4, 0.5) is 0 Å². The van der Waals surface area contributed by atoms with Crippen molar-refractivity contribution in [1.82, 2.24) is 9.80 Å². The van der Waals surface area contributed by atoms with Crippen LogP contribution in [0.3, 0.4) is 0 Å². The summed E-state index contributed by atoms with van der Waals surface area (Å²) < 4.78 is 0. The van der Waals surface area contributed by atoms with Crippen LogP contribution < -0.4 is 0 Å². The molecular formula is C16H23N3O. The quantitative estimate of drug-likeness (QED) is 0.762. The highest BCUT2D eigenvalue weighted by Gasteiger charge is 2.13. The highest BCUT2D eigenvalue weighted by Crippen LogP contribution is 2.06. The van der Waals surface area contributed by atoms with Crippen LogP contribution in [0.5, 0.6) is 0 Å². The molecule has 1 aromatic rings. The van der Waals surface area contributed by atoms with E-state index >= 15 is 0 Å². The number of carbonyl (C=O) groups is 1. The van der Waals surface area contributed by atoms with Gasteiger partial charge in [0.15, 0.2) is 0 Å². The summed E-state index contributed by atoms with van der Waals surface area (Å²) in [6.07, 6.45) is 1.37. The zero-order valence-electron chi connectivity index (χ0n) is 12.6. The molecule has 4 heteroatoms. The van der Waals surface area contributed by atoms with Crippen molar-refractivity contribution in [2.45, 2.75) is 19.8 Å². The Kier molecular flexibility index (Phi) is 6.75. The van der Waals surface area contributed by atoms with Crippen molar-refractivity contribution in [3.8, 4) is 6.07 Å². The molecule has 0 saturated carbocycles. The van der Waals surface area contributed by atoms with Crippen molar-refractivity contribution in [3.63, 3.8) is 0 Å². The van der Waals surface area contributed by atoms with E-state index in [2.05, 4.69) is 17.9 Å². The fourth-order valence-electron chi connectivity index (χ4n) is 1.94. The van der Waals surface area contributed by atoms with Gasteiger partial charge in [0.25, 0.3) is 0 Å². The van der Waals surface area contributed by atoms with Gasteiger partial charge in [0.05, 0.1) is 18.1 Å². The van der Waals surface area contributed by atoms with Gasteiger partial charge >= 0.3 is 0 Å². The second-order valence-corrected chi connectivity index (χ2v) is 5.17. The summed E-state index contributed by atoms with van der Waals surface area (Å²) in [6.45, 7) is 4.51. The van der Waals surface area contributed by atoms with Crippen molar-refractivity contribution in [1.29, 1.82) is 5.26 Å². The summed E-state index contributed by atoms with van der Waals surface area (Å²) >= 11 is 0. The number of nitriles is 1. The van der Waals surface area contributed by atoms with Gasteiger partial charge in [0.2, 0.25) is 5.91 Å². The van der Waals surface area contributed by atoms with Crippen molar-refractivity contribution in [2.75, 3.05) is 33.7 Å². The smallest absolute Gasteiger partial charge is 0.227 e. The van der Waals surface area contributed by atoms with Gasteiger partial charge in [-0.25, -0.2) is 0 Å². The lowest BCUT2D eigenvalue weighted by Crippen LogP contribution is -2.38. The van der Waals surface area contributed by atoms with Gasteiger partial charge in [-0.05, 0) is 38.2 Å². The first kappa shape index (κ1) is 16.2. The van der Waals surface area contributed by atoms with Crippen LogP contribution in [0.25, 0.3) is 0 Å². The maximum atomic E-state index is 12.3. The molecule has 0 radical (unpaired) electrons. The fraction of sp³-hybridized carbons (Fsp3) is 0.500. The summed E-state index contributed by atoms with van der Waals surface area (Å²) in [5.41, 5.74) is 1.58. The number of carbonyl (C=O) groups excluding carboxylic acids is 1.